The molecule has 0 spiro atoms. The SMILES string of the molecule is COCC(=O)c1ccc2oc([C@@H](NC(=O)OC(C)(C)C)C3CCC(F)(F)CC3)nc2c1F. The zero-order valence-electron chi connectivity index (χ0n) is 18.5. The summed E-state index contributed by atoms with van der Waals surface area (Å²) in [7, 11) is 1.32. The van der Waals surface area contributed by atoms with Crippen LogP contribution in [-0.2, 0) is 9.47 Å². The number of alkyl carbamates (subject to hydrolysis) is 1. The van der Waals surface area contributed by atoms with Crippen molar-refractivity contribution in [1.82, 2.24) is 10.3 Å². The summed E-state index contributed by atoms with van der Waals surface area (Å²) in [6.07, 6.45) is -1.21. The van der Waals surface area contributed by atoms with E-state index in [1.54, 1.807) is 20.8 Å². The van der Waals surface area contributed by atoms with Crippen LogP contribution in [0.1, 0.15) is 68.7 Å². The summed E-state index contributed by atoms with van der Waals surface area (Å²) in [4.78, 5) is 28.7. The van der Waals surface area contributed by atoms with E-state index >= 15 is 0 Å². The molecule has 1 amide bonds. The molecule has 1 aliphatic rings. The molecule has 32 heavy (non-hydrogen) atoms. The second kappa shape index (κ2) is 9.09. The number of hydrogen-bond donors (Lipinski definition) is 1. The highest BCUT2D eigenvalue weighted by Gasteiger charge is 2.40. The number of aromatic nitrogens is 1. The van der Waals surface area contributed by atoms with Gasteiger partial charge in [0.05, 0.1) is 5.56 Å². The van der Waals surface area contributed by atoms with Gasteiger partial charge in [0.25, 0.3) is 0 Å². The average Bonchev–Trinajstić information content (AvgIpc) is 3.10. The summed E-state index contributed by atoms with van der Waals surface area (Å²) >= 11 is 0. The first-order chi connectivity index (χ1) is 14.9. The van der Waals surface area contributed by atoms with E-state index in [2.05, 4.69) is 10.3 Å². The van der Waals surface area contributed by atoms with Crippen LogP contribution >= 0.6 is 0 Å². The maximum atomic E-state index is 14.9. The summed E-state index contributed by atoms with van der Waals surface area (Å²) in [5.41, 5.74) is -1.09. The summed E-state index contributed by atoms with van der Waals surface area (Å²) in [5.74, 6) is -4.64. The highest BCUT2D eigenvalue weighted by atomic mass is 19.3. The Labute approximate surface area is 183 Å². The molecule has 10 heteroatoms. The third-order valence-corrected chi connectivity index (χ3v) is 5.26. The van der Waals surface area contributed by atoms with Crippen molar-refractivity contribution in [2.24, 2.45) is 5.92 Å². The molecule has 1 aliphatic carbocycles. The maximum Gasteiger partial charge on any atom is 0.408 e. The van der Waals surface area contributed by atoms with Gasteiger partial charge in [-0.05, 0) is 51.7 Å². The Morgan fingerprint density at radius 1 is 1.28 bits per heavy atom. The lowest BCUT2D eigenvalue weighted by atomic mass is 9.82. The van der Waals surface area contributed by atoms with Crippen LogP contribution in [0.25, 0.3) is 11.1 Å². The number of fused-ring (bicyclic) bond motifs is 1. The normalized spacial score (nSPS) is 17.8. The number of nitrogens with one attached hydrogen (secondary N) is 1. The number of rotatable bonds is 6. The molecule has 1 fully saturated rings. The van der Waals surface area contributed by atoms with Gasteiger partial charge in [-0.2, -0.15) is 0 Å². The Kier molecular flexibility index (Phi) is 6.83. The van der Waals surface area contributed by atoms with Gasteiger partial charge in [0.2, 0.25) is 11.8 Å². The van der Waals surface area contributed by atoms with Crippen molar-refractivity contribution >= 4 is 23.0 Å². The fourth-order valence-corrected chi connectivity index (χ4v) is 3.75. The van der Waals surface area contributed by atoms with Gasteiger partial charge in [-0.1, -0.05) is 0 Å². The maximum absolute atomic E-state index is 14.9. The first kappa shape index (κ1) is 24.0. The van der Waals surface area contributed by atoms with Gasteiger partial charge in [0.15, 0.2) is 17.2 Å². The summed E-state index contributed by atoms with van der Waals surface area (Å²) in [6, 6.07) is 1.77. The van der Waals surface area contributed by atoms with Crippen molar-refractivity contribution in [2.45, 2.75) is 64.0 Å². The fraction of sp³-hybridized carbons (Fsp3) is 0.591. The lowest BCUT2D eigenvalue weighted by molar-refractivity contribution is -0.0509. The standard InChI is InChI=1S/C22H27F3N2O5/c1-21(2,3)32-20(29)27-17(12-7-9-22(24,25)10-8-12)19-26-18-15(31-19)6-5-13(16(18)23)14(28)11-30-4/h5-6,12,17H,7-11H2,1-4H3,(H,27,29)/t17-/m0/s1. The molecule has 0 radical (unpaired) electrons. The number of alkyl halides is 2. The molecule has 0 unspecified atom stereocenters. The monoisotopic (exact) mass is 456 g/mol. The molecule has 1 heterocycles. The number of carbonyl (C=O) groups excluding carboxylic acids is 2. The molecular formula is C22H27F3N2O5. The third-order valence-electron chi connectivity index (χ3n) is 5.26. The van der Waals surface area contributed by atoms with Crippen LogP contribution in [-0.4, -0.2) is 42.1 Å². The van der Waals surface area contributed by atoms with Gasteiger partial charge in [0.1, 0.15) is 23.8 Å². The molecular weight excluding hydrogens is 429 g/mol. The molecule has 0 aliphatic heterocycles. The van der Waals surface area contributed by atoms with E-state index in [9.17, 15) is 22.8 Å². The number of carbonyl (C=O) groups is 2. The second-order valence-electron chi connectivity index (χ2n) is 9.00. The van der Waals surface area contributed by atoms with Crippen molar-refractivity contribution in [1.29, 1.82) is 0 Å². The Bertz CT molecular complexity index is 989. The predicted octanol–water partition coefficient (Wildman–Crippen LogP) is 5.19. The molecule has 1 aromatic carbocycles. The van der Waals surface area contributed by atoms with E-state index in [0.717, 1.165) is 0 Å². The number of hydrogen-bond acceptors (Lipinski definition) is 6. The van der Waals surface area contributed by atoms with E-state index in [0.29, 0.717) is 0 Å². The van der Waals surface area contributed by atoms with Gasteiger partial charge in [-0.15, -0.1) is 0 Å². The molecule has 7 nitrogen and oxygen atoms in total. The van der Waals surface area contributed by atoms with E-state index in [1.165, 1.54) is 19.2 Å². The molecule has 1 saturated carbocycles. The van der Waals surface area contributed by atoms with E-state index in [-0.39, 0.29) is 54.8 Å². The molecule has 1 N–H and O–H groups in total. The third kappa shape index (κ3) is 5.59. The molecule has 0 saturated heterocycles. The first-order valence-corrected chi connectivity index (χ1v) is 10.4. The first-order valence-electron chi connectivity index (χ1n) is 10.4. The summed E-state index contributed by atoms with van der Waals surface area (Å²) in [6.45, 7) is 4.77. The number of Topliss-reactive ketones (excluding diaryl/α,β-unsaturated/α-hetero) is 1. The van der Waals surface area contributed by atoms with Crippen molar-refractivity contribution in [2.75, 3.05) is 13.7 Å². The largest absolute Gasteiger partial charge is 0.444 e. The Morgan fingerprint density at radius 2 is 1.94 bits per heavy atom. The Balaban J connectivity index is 1.95. The number of amides is 1. The van der Waals surface area contributed by atoms with E-state index in [4.69, 9.17) is 13.9 Å². The number of ketones is 1. The predicted molar refractivity (Wildman–Crippen MR) is 109 cm³/mol. The van der Waals surface area contributed by atoms with Gasteiger partial charge < -0.3 is 19.2 Å². The minimum atomic E-state index is -2.77. The number of oxazole rings is 1. The molecule has 0 bridgehead atoms. The zero-order chi connectivity index (χ0) is 23.7. The number of ether oxygens (including phenoxy) is 2. The summed E-state index contributed by atoms with van der Waals surface area (Å²) < 4.78 is 58.1. The van der Waals surface area contributed by atoms with Gasteiger partial charge in [0, 0.05) is 20.0 Å². The van der Waals surface area contributed by atoms with Crippen LogP contribution in [0.5, 0.6) is 0 Å². The van der Waals surface area contributed by atoms with Crippen molar-refractivity contribution < 1.29 is 36.7 Å². The lowest BCUT2D eigenvalue weighted by Gasteiger charge is -2.33. The molecule has 1 aromatic heterocycles. The van der Waals surface area contributed by atoms with Crippen LogP contribution in [0, 0.1) is 11.7 Å². The van der Waals surface area contributed by atoms with Crippen LogP contribution in [0.3, 0.4) is 0 Å². The fourth-order valence-electron chi connectivity index (χ4n) is 3.75. The van der Waals surface area contributed by atoms with Gasteiger partial charge in [-0.3, -0.25) is 4.79 Å². The average molecular weight is 456 g/mol. The quantitative estimate of drug-likeness (QED) is 0.602. The number of methoxy groups -OCH3 is 1. The Hall–Kier alpha value is -2.62. The molecule has 1 atom stereocenters. The second-order valence-corrected chi connectivity index (χ2v) is 9.00. The van der Waals surface area contributed by atoms with Crippen LogP contribution in [0.2, 0.25) is 0 Å². The smallest absolute Gasteiger partial charge is 0.408 e. The Morgan fingerprint density at radius 3 is 2.53 bits per heavy atom. The van der Waals surface area contributed by atoms with Crippen LogP contribution in [0.4, 0.5) is 18.0 Å². The van der Waals surface area contributed by atoms with Crippen molar-refractivity contribution in [3.63, 3.8) is 0 Å². The van der Waals surface area contributed by atoms with E-state index < -0.39 is 41.2 Å². The van der Waals surface area contributed by atoms with Crippen LogP contribution in [0.15, 0.2) is 16.5 Å². The summed E-state index contributed by atoms with van der Waals surface area (Å²) in [5, 5.41) is 2.65. The topological polar surface area (TPSA) is 90.7 Å². The molecule has 2 aromatic rings. The minimum Gasteiger partial charge on any atom is -0.444 e. The number of benzene rings is 1. The minimum absolute atomic E-state index is 0.0312. The van der Waals surface area contributed by atoms with Crippen LogP contribution < -0.4 is 5.32 Å². The lowest BCUT2D eigenvalue weighted by Crippen LogP contribution is -2.40. The number of nitrogens with zero attached hydrogens (tertiary/aromatic N) is 1. The molecule has 3 rings (SSSR count). The van der Waals surface area contributed by atoms with Gasteiger partial charge >= 0.3 is 6.09 Å². The van der Waals surface area contributed by atoms with E-state index in [1.807, 2.05) is 0 Å². The van der Waals surface area contributed by atoms with Crippen molar-refractivity contribution in [3.8, 4) is 0 Å². The highest BCUT2D eigenvalue weighted by molar-refractivity contribution is 6.00. The molecule has 176 valence electrons. The van der Waals surface area contributed by atoms with Gasteiger partial charge in [-0.25, -0.2) is 22.9 Å². The zero-order valence-corrected chi connectivity index (χ0v) is 18.5. The highest BCUT2D eigenvalue weighted by Crippen LogP contribution is 2.42. The van der Waals surface area contributed by atoms with Crippen molar-refractivity contribution in [3.05, 3.63) is 29.4 Å². The number of halogens is 3.